The lowest BCUT2D eigenvalue weighted by atomic mass is 9.86. The summed E-state index contributed by atoms with van der Waals surface area (Å²) < 4.78 is 18.9. The summed E-state index contributed by atoms with van der Waals surface area (Å²) in [6.45, 7) is 4.64. The summed E-state index contributed by atoms with van der Waals surface area (Å²) in [6, 6.07) is 21.8. The molecule has 0 amide bonds. The van der Waals surface area contributed by atoms with Gasteiger partial charge in [-0.05, 0) is 121 Å². The Morgan fingerprint density at radius 2 is 1.84 bits per heavy atom. The van der Waals surface area contributed by atoms with Gasteiger partial charge in [0.05, 0.1) is 6.67 Å². The summed E-state index contributed by atoms with van der Waals surface area (Å²) in [5.74, 6) is 0.898. The van der Waals surface area contributed by atoms with Crippen LogP contribution in [0.2, 0.25) is 0 Å². The molecule has 1 aliphatic heterocycles. The second kappa shape index (κ2) is 11.7. The number of rotatable bonds is 8. The van der Waals surface area contributed by atoms with Crippen LogP contribution in [0.5, 0.6) is 5.75 Å². The number of nitrogens with two attached hydrogens (primary N) is 1. The topological polar surface area (TPSA) is 38.5 Å². The van der Waals surface area contributed by atoms with Gasteiger partial charge in [0.25, 0.3) is 0 Å². The van der Waals surface area contributed by atoms with Gasteiger partial charge in [-0.1, -0.05) is 24.3 Å². The molecule has 3 aromatic carbocycles. The Kier molecular flexibility index (Phi) is 8.21. The van der Waals surface area contributed by atoms with Crippen molar-refractivity contribution in [2.24, 2.45) is 0 Å². The fraction of sp³-hybridized carbons (Fsp3) is 0.375. The molecule has 3 aromatic rings. The van der Waals surface area contributed by atoms with Crippen LogP contribution in [0.1, 0.15) is 53.5 Å². The molecule has 1 saturated heterocycles. The Bertz CT molecular complexity index is 1270. The van der Waals surface area contributed by atoms with E-state index in [4.69, 9.17) is 10.5 Å². The van der Waals surface area contributed by atoms with Gasteiger partial charge in [-0.2, -0.15) is 0 Å². The smallest absolute Gasteiger partial charge is 0.119 e. The predicted octanol–water partition coefficient (Wildman–Crippen LogP) is 7.41. The average Bonchev–Trinajstić information content (AvgIpc) is 3.27. The Hall–Kier alpha value is -2.76. The molecule has 0 saturated carbocycles. The van der Waals surface area contributed by atoms with E-state index in [1.165, 1.54) is 43.9 Å². The summed E-state index contributed by atoms with van der Waals surface area (Å²) >= 11 is 1.78. The van der Waals surface area contributed by atoms with E-state index in [1.54, 1.807) is 11.8 Å². The Balaban J connectivity index is 1.49. The van der Waals surface area contributed by atoms with Crippen LogP contribution in [0.4, 0.5) is 10.1 Å². The number of ether oxygens (including phenoxy) is 1. The minimum Gasteiger partial charge on any atom is -0.489 e. The van der Waals surface area contributed by atoms with E-state index in [0.717, 1.165) is 56.8 Å². The lowest BCUT2D eigenvalue weighted by Crippen LogP contribution is -2.26. The van der Waals surface area contributed by atoms with Crippen LogP contribution in [0.15, 0.2) is 65.6 Å². The molecule has 2 N–H and O–H groups in total. The third-order valence-corrected chi connectivity index (χ3v) is 8.34. The van der Waals surface area contributed by atoms with Gasteiger partial charge in [-0.15, -0.1) is 11.8 Å². The molecule has 1 fully saturated rings. The van der Waals surface area contributed by atoms with Crippen LogP contribution >= 0.6 is 11.8 Å². The molecule has 3 nitrogen and oxygen atoms in total. The Morgan fingerprint density at radius 1 is 1.03 bits per heavy atom. The maximum absolute atomic E-state index is 12.5. The number of hydrogen-bond donors (Lipinski definition) is 1. The summed E-state index contributed by atoms with van der Waals surface area (Å²) in [5.41, 5.74) is 16.2. The van der Waals surface area contributed by atoms with E-state index < -0.39 is 0 Å². The largest absolute Gasteiger partial charge is 0.489 e. The highest BCUT2D eigenvalue weighted by atomic mass is 32.2. The van der Waals surface area contributed by atoms with Crippen molar-refractivity contribution >= 4 is 28.6 Å². The van der Waals surface area contributed by atoms with Gasteiger partial charge in [0.15, 0.2) is 0 Å². The van der Waals surface area contributed by atoms with E-state index in [0.29, 0.717) is 6.42 Å². The minimum atomic E-state index is -0.252. The Morgan fingerprint density at radius 3 is 2.59 bits per heavy atom. The molecule has 1 unspecified atom stereocenters. The summed E-state index contributed by atoms with van der Waals surface area (Å²) in [5, 5.41) is 0. The number of hydrogen-bond acceptors (Lipinski definition) is 4. The van der Waals surface area contributed by atoms with Crippen LogP contribution < -0.4 is 10.5 Å². The zero-order chi connectivity index (χ0) is 25.8. The fourth-order valence-corrected chi connectivity index (χ4v) is 6.28. The van der Waals surface area contributed by atoms with Crippen molar-refractivity contribution in [3.8, 4) is 5.75 Å². The average molecular weight is 517 g/mol. The van der Waals surface area contributed by atoms with E-state index >= 15 is 0 Å². The second-order valence-electron chi connectivity index (χ2n) is 10.2. The number of thioether (sulfide) groups is 1. The van der Waals surface area contributed by atoms with Crippen molar-refractivity contribution in [1.82, 2.24) is 4.90 Å². The van der Waals surface area contributed by atoms with Gasteiger partial charge in [0, 0.05) is 30.2 Å². The van der Waals surface area contributed by atoms with Crippen LogP contribution in [0.25, 0.3) is 11.1 Å². The summed E-state index contributed by atoms with van der Waals surface area (Å²) in [7, 11) is 0. The molecular weight excluding hydrogens is 479 g/mol. The third-order valence-electron chi connectivity index (χ3n) is 7.61. The molecule has 2 aliphatic rings. The number of allylic oxidation sites excluding steroid dienone is 1. The monoisotopic (exact) mass is 516 g/mol. The third kappa shape index (κ3) is 5.89. The highest BCUT2D eigenvalue weighted by molar-refractivity contribution is 7.98. The van der Waals surface area contributed by atoms with Crippen molar-refractivity contribution in [3.05, 3.63) is 88.5 Å². The molecule has 5 rings (SSSR count). The van der Waals surface area contributed by atoms with Crippen LogP contribution in [-0.2, 0) is 6.42 Å². The van der Waals surface area contributed by atoms with Gasteiger partial charge in [0.1, 0.15) is 11.9 Å². The maximum Gasteiger partial charge on any atom is 0.119 e. The van der Waals surface area contributed by atoms with E-state index in [1.807, 2.05) is 6.07 Å². The van der Waals surface area contributed by atoms with Gasteiger partial charge in [-0.3, -0.25) is 9.29 Å². The standard InChI is InChI=1S/C32H37FN2OS/c1-22-19-28(37-2)12-14-29(22)31-6-3-5-24-20-25(34)9-13-30(24)32(31)23-7-10-26(11-8-23)36-27-15-18-35(21-27)17-4-16-33/h7-14,19-20,27H,3-6,15-18,21,34H2,1-2H3. The number of likely N-dealkylation sites (tertiary alicyclic amines) is 1. The number of fused-ring (bicyclic) bond motifs is 1. The van der Waals surface area contributed by atoms with E-state index in [9.17, 15) is 4.39 Å². The van der Waals surface area contributed by atoms with Crippen LogP contribution in [-0.4, -0.2) is 43.6 Å². The van der Waals surface area contributed by atoms with Crippen molar-refractivity contribution in [2.45, 2.75) is 50.0 Å². The molecule has 5 heteroatoms. The first-order valence-corrected chi connectivity index (χ1v) is 14.6. The van der Waals surface area contributed by atoms with Crippen molar-refractivity contribution in [3.63, 3.8) is 0 Å². The first-order chi connectivity index (χ1) is 18.1. The number of nitrogen functional groups attached to an aromatic ring is 1. The summed E-state index contributed by atoms with van der Waals surface area (Å²) in [4.78, 5) is 3.59. The number of nitrogens with zero attached hydrogens (tertiary/aromatic N) is 1. The molecule has 1 atom stereocenters. The molecule has 194 valence electrons. The number of halogens is 1. The minimum absolute atomic E-state index is 0.166. The molecule has 1 aliphatic carbocycles. The van der Waals surface area contributed by atoms with Gasteiger partial charge < -0.3 is 10.5 Å². The van der Waals surface area contributed by atoms with Gasteiger partial charge >= 0.3 is 0 Å². The number of benzene rings is 3. The number of anilines is 1. The molecule has 1 heterocycles. The van der Waals surface area contributed by atoms with E-state index in [2.05, 4.69) is 72.7 Å². The van der Waals surface area contributed by atoms with Crippen LogP contribution in [0, 0.1) is 6.92 Å². The van der Waals surface area contributed by atoms with Crippen molar-refractivity contribution in [1.29, 1.82) is 0 Å². The Labute approximate surface area is 224 Å². The number of aryl methyl sites for hydroxylation is 2. The molecule has 37 heavy (non-hydrogen) atoms. The van der Waals surface area contributed by atoms with Crippen molar-refractivity contribution < 1.29 is 9.13 Å². The molecule has 0 spiro atoms. The first kappa shape index (κ1) is 25.9. The molecule has 0 aromatic heterocycles. The summed E-state index contributed by atoms with van der Waals surface area (Å²) in [6.07, 6.45) is 7.03. The normalized spacial score (nSPS) is 18.1. The lowest BCUT2D eigenvalue weighted by Gasteiger charge is -2.20. The maximum atomic E-state index is 12.5. The zero-order valence-electron chi connectivity index (χ0n) is 21.9. The number of alkyl halides is 1. The fourth-order valence-electron chi connectivity index (χ4n) is 5.78. The lowest BCUT2D eigenvalue weighted by molar-refractivity contribution is 0.198. The predicted molar refractivity (Wildman–Crippen MR) is 155 cm³/mol. The highest BCUT2D eigenvalue weighted by Gasteiger charge is 2.24. The van der Waals surface area contributed by atoms with Crippen molar-refractivity contribution in [2.75, 3.05) is 38.3 Å². The zero-order valence-corrected chi connectivity index (χ0v) is 22.8. The SMILES string of the molecule is CSc1ccc(C2=C(c3ccc(OC4CCN(CCCF)C4)cc3)c3ccc(N)cc3CCC2)c(C)c1. The first-order valence-electron chi connectivity index (χ1n) is 13.4. The van der Waals surface area contributed by atoms with Crippen LogP contribution in [0.3, 0.4) is 0 Å². The highest BCUT2D eigenvalue weighted by Crippen LogP contribution is 2.42. The molecular formula is C32H37FN2OS. The van der Waals surface area contributed by atoms with Gasteiger partial charge in [-0.25, -0.2) is 0 Å². The van der Waals surface area contributed by atoms with Gasteiger partial charge in [0.2, 0.25) is 0 Å². The molecule has 0 radical (unpaired) electrons. The quantitative estimate of drug-likeness (QED) is 0.250. The van der Waals surface area contributed by atoms with E-state index in [-0.39, 0.29) is 12.8 Å². The second-order valence-corrected chi connectivity index (χ2v) is 11.1. The molecule has 0 bridgehead atoms.